The molecule has 2 rings (SSSR count). The maximum atomic E-state index is 11.7. The lowest BCUT2D eigenvalue weighted by Gasteiger charge is -2.08. The molecule has 5 heteroatoms. The molecular formula is C9H11N3O2. The van der Waals surface area contributed by atoms with Crippen LogP contribution in [0.5, 0.6) is 0 Å². The quantitative estimate of drug-likeness (QED) is 0.552. The van der Waals surface area contributed by atoms with Crippen LogP contribution in [0.15, 0.2) is 14.6 Å². The summed E-state index contributed by atoms with van der Waals surface area (Å²) in [4.78, 5) is 27.4. The molecule has 14 heavy (non-hydrogen) atoms. The zero-order valence-electron chi connectivity index (χ0n) is 8.37. The molecule has 74 valence electrons. The summed E-state index contributed by atoms with van der Waals surface area (Å²) in [5.74, 6) is 0. The van der Waals surface area contributed by atoms with E-state index in [-0.39, 0.29) is 11.2 Å². The van der Waals surface area contributed by atoms with E-state index >= 15 is 0 Å². The first-order chi connectivity index (χ1) is 6.54. The molecular weight excluding hydrogens is 182 g/mol. The Bertz CT molecular complexity index is 548. The fourth-order valence-corrected chi connectivity index (χ4v) is 1.79. The van der Waals surface area contributed by atoms with Crippen LogP contribution >= 0.6 is 0 Å². The first kappa shape index (κ1) is 8.93. The monoisotopic (exact) mass is 193 g/mol. The van der Waals surface area contributed by atoms with Gasteiger partial charge in [0, 0.05) is 14.1 Å². The van der Waals surface area contributed by atoms with Crippen LogP contribution < -0.4 is 11.2 Å². The molecule has 1 aliphatic rings. The average molecular weight is 193 g/mol. The van der Waals surface area contributed by atoms with E-state index in [2.05, 4.69) is 4.99 Å². The molecule has 0 atom stereocenters. The summed E-state index contributed by atoms with van der Waals surface area (Å²) in [5, 5.41) is 0. The Balaban J connectivity index is 2.98. The minimum atomic E-state index is -0.301. The Hall–Kier alpha value is -1.65. The largest absolute Gasteiger partial charge is 0.330 e. The minimum absolute atomic E-state index is 0.233. The van der Waals surface area contributed by atoms with Gasteiger partial charge < -0.3 is 0 Å². The van der Waals surface area contributed by atoms with Crippen LogP contribution in [0, 0.1) is 0 Å². The second kappa shape index (κ2) is 2.67. The van der Waals surface area contributed by atoms with Crippen LogP contribution in [-0.4, -0.2) is 14.8 Å². The van der Waals surface area contributed by atoms with Crippen LogP contribution in [0.3, 0.4) is 0 Å². The number of rotatable bonds is 0. The zero-order valence-corrected chi connectivity index (χ0v) is 8.37. The summed E-state index contributed by atoms with van der Waals surface area (Å²) >= 11 is 0. The van der Waals surface area contributed by atoms with Gasteiger partial charge in [-0.05, 0) is 6.92 Å². The lowest BCUT2D eigenvalue weighted by molar-refractivity contribution is 0.670. The van der Waals surface area contributed by atoms with Crippen molar-refractivity contribution in [3.8, 4) is 0 Å². The molecule has 0 aromatic carbocycles. The lowest BCUT2D eigenvalue weighted by atomic mass is 10.2. The van der Waals surface area contributed by atoms with Crippen LogP contribution in [0.25, 0.3) is 0 Å². The van der Waals surface area contributed by atoms with E-state index < -0.39 is 0 Å². The van der Waals surface area contributed by atoms with Crippen LogP contribution in [0.1, 0.15) is 18.2 Å². The summed E-state index contributed by atoms with van der Waals surface area (Å²) in [6.45, 7) is 2.20. The molecule has 1 aliphatic heterocycles. The number of hydrogen-bond donors (Lipinski definition) is 0. The summed E-state index contributed by atoms with van der Waals surface area (Å²) in [6.07, 6.45) is 0. The Morgan fingerprint density at radius 3 is 2.50 bits per heavy atom. The molecule has 0 spiro atoms. The molecule has 0 saturated carbocycles. The van der Waals surface area contributed by atoms with E-state index in [9.17, 15) is 9.59 Å². The lowest BCUT2D eigenvalue weighted by Crippen LogP contribution is -2.40. The van der Waals surface area contributed by atoms with Gasteiger partial charge in [-0.2, -0.15) is 0 Å². The summed E-state index contributed by atoms with van der Waals surface area (Å²) in [6, 6.07) is 0. The van der Waals surface area contributed by atoms with Crippen molar-refractivity contribution in [2.45, 2.75) is 13.5 Å². The van der Waals surface area contributed by atoms with E-state index in [1.165, 1.54) is 11.6 Å². The highest BCUT2D eigenvalue weighted by Gasteiger charge is 2.21. The minimum Gasteiger partial charge on any atom is -0.295 e. The van der Waals surface area contributed by atoms with Crippen LogP contribution in [-0.2, 0) is 20.6 Å². The fourth-order valence-electron chi connectivity index (χ4n) is 1.79. The third-order valence-electron chi connectivity index (χ3n) is 2.57. The van der Waals surface area contributed by atoms with E-state index in [4.69, 9.17) is 0 Å². The van der Waals surface area contributed by atoms with Gasteiger partial charge in [-0.15, -0.1) is 0 Å². The molecule has 0 radical (unpaired) electrons. The molecule has 0 amide bonds. The predicted octanol–water partition coefficient (Wildman–Crippen LogP) is -0.593. The van der Waals surface area contributed by atoms with E-state index in [1.807, 2.05) is 6.92 Å². The molecule has 5 nitrogen and oxygen atoms in total. The second-order valence-electron chi connectivity index (χ2n) is 3.43. The third kappa shape index (κ3) is 0.921. The van der Waals surface area contributed by atoms with Crippen molar-refractivity contribution in [2.75, 3.05) is 0 Å². The SMILES string of the molecule is CC1=NCc2c1n(C)c(=O)n(C)c2=O. The number of fused-ring (bicyclic) bond motifs is 1. The van der Waals surface area contributed by atoms with Crippen molar-refractivity contribution in [2.24, 2.45) is 19.1 Å². The smallest absolute Gasteiger partial charge is 0.295 e. The van der Waals surface area contributed by atoms with Gasteiger partial charge in [0.05, 0.1) is 23.5 Å². The molecule has 0 aliphatic carbocycles. The molecule has 1 aromatic rings. The topological polar surface area (TPSA) is 56.4 Å². The van der Waals surface area contributed by atoms with E-state index in [1.54, 1.807) is 7.05 Å². The van der Waals surface area contributed by atoms with Crippen LogP contribution in [0.4, 0.5) is 0 Å². The number of aliphatic imine (C=N–C) groups is 1. The van der Waals surface area contributed by atoms with Gasteiger partial charge in [0.15, 0.2) is 0 Å². The molecule has 1 aromatic heterocycles. The van der Waals surface area contributed by atoms with Crippen molar-refractivity contribution in [1.82, 2.24) is 9.13 Å². The summed E-state index contributed by atoms with van der Waals surface area (Å²) in [7, 11) is 3.14. The highest BCUT2D eigenvalue weighted by Crippen LogP contribution is 2.12. The van der Waals surface area contributed by atoms with Crippen molar-refractivity contribution in [3.63, 3.8) is 0 Å². The van der Waals surface area contributed by atoms with E-state index in [0.29, 0.717) is 17.8 Å². The molecule has 0 N–H and O–H groups in total. The zero-order chi connectivity index (χ0) is 10.5. The molecule has 0 bridgehead atoms. The Labute approximate surface area is 80.3 Å². The van der Waals surface area contributed by atoms with Crippen molar-refractivity contribution < 1.29 is 0 Å². The summed E-state index contributed by atoms with van der Waals surface area (Å²) in [5.41, 5.74) is 1.52. The summed E-state index contributed by atoms with van der Waals surface area (Å²) < 4.78 is 2.59. The van der Waals surface area contributed by atoms with Gasteiger partial charge in [0.1, 0.15) is 0 Å². The third-order valence-corrected chi connectivity index (χ3v) is 2.57. The van der Waals surface area contributed by atoms with Gasteiger partial charge >= 0.3 is 5.69 Å². The van der Waals surface area contributed by atoms with Crippen molar-refractivity contribution >= 4 is 5.71 Å². The van der Waals surface area contributed by atoms with Crippen LogP contribution in [0.2, 0.25) is 0 Å². The number of nitrogens with zero attached hydrogens (tertiary/aromatic N) is 3. The Morgan fingerprint density at radius 2 is 1.86 bits per heavy atom. The Morgan fingerprint density at radius 1 is 1.21 bits per heavy atom. The van der Waals surface area contributed by atoms with E-state index in [0.717, 1.165) is 10.3 Å². The first-order valence-corrected chi connectivity index (χ1v) is 4.34. The highest BCUT2D eigenvalue weighted by atomic mass is 16.2. The van der Waals surface area contributed by atoms with Gasteiger partial charge in [-0.25, -0.2) is 4.79 Å². The van der Waals surface area contributed by atoms with Gasteiger partial charge in [-0.3, -0.25) is 18.9 Å². The van der Waals surface area contributed by atoms with Crippen molar-refractivity contribution in [1.29, 1.82) is 0 Å². The molecule has 0 saturated heterocycles. The van der Waals surface area contributed by atoms with Gasteiger partial charge in [0.25, 0.3) is 5.56 Å². The predicted molar refractivity (Wildman–Crippen MR) is 52.8 cm³/mol. The Kier molecular flexibility index (Phi) is 1.70. The normalized spacial score (nSPS) is 14.1. The maximum absolute atomic E-state index is 11.7. The molecule has 2 heterocycles. The second-order valence-corrected chi connectivity index (χ2v) is 3.43. The van der Waals surface area contributed by atoms with Gasteiger partial charge in [-0.1, -0.05) is 0 Å². The highest BCUT2D eigenvalue weighted by molar-refractivity contribution is 6.00. The fraction of sp³-hybridized carbons (Fsp3) is 0.444. The number of aromatic nitrogens is 2. The average Bonchev–Trinajstić information content (AvgIpc) is 2.54. The molecule has 0 unspecified atom stereocenters. The first-order valence-electron chi connectivity index (χ1n) is 4.34. The molecule has 0 fully saturated rings. The maximum Gasteiger partial charge on any atom is 0.330 e. The standard InChI is InChI=1S/C9H11N3O2/c1-5-7-6(4-10-5)8(13)12(3)9(14)11(7)2/h4H2,1-3H3. The van der Waals surface area contributed by atoms with Gasteiger partial charge in [0.2, 0.25) is 0 Å². The number of hydrogen-bond acceptors (Lipinski definition) is 3. The van der Waals surface area contributed by atoms with Crippen molar-refractivity contribution in [3.05, 3.63) is 32.1 Å².